The summed E-state index contributed by atoms with van der Waals surface area (Å²) in [6.07, 6.45) is 1.03. The van der Waals surface area contributed by atoms with Gasteiger partial charge in [-0.1, -0.05) is 13.8 Å². The molecule has 2 heterocycles. The maximum absolute atomic E-state index is 12.5. The summed E-state index contributed by atoms with van der Waals surface area (Å²) in [5, 5.41) is 13.1. The predicted molar refractivity (Wildman–Crippen MR) is 95.5 cm³/mol. The molecule has 3 amide bonds. The molecule has 1 N–H and O–H groups in total. The van der Waals surface area contributed by atoms with Crippen LogP contribution in [-0.2, 0) is 0 Å². The van der Waals surface area contributed by atoms with Gasteiger partial charge in [0.1, 0.15) is 12.0 Å². The number of nitrogens with zero attached hydrogens (tertiary/aromatic N) is 3. The van der Waals surface area contributed by atoms with Crippen molar-refractivity contribution in [2.75, 3.05) is 11.9 Å². The monoisotopic (exact) mass is 368 g/mol. The number of rotatable bonds is 5. The largest absolute Gasteiger partial charge is 0.307 e. The molecule has 0 aliphatic carbocycles. The quantitative estimate of drug-likeness (QED) is 0.491. The molecule has 0 spiro atoms. The van der Waals surface area contributed by atoms with E-state index in [4.69, 9.17) is 0 Å². The van der Waals surface area contributed by atoms with E-state index in [1.54, 1.807) is 0 Å². The molecule has 2 aromatic rings. The Morgan fingerprint density at radius 3 is 2.48 bits per heavy atom. The molecule has 0 saturated carbocycles. The summed E-state index contributed by atoms with van der Waals surface area (Å²) >= 11 is 0. The molecule has 27 heavy (non-hydrogen) atoms. The number of nitrogens with one attached hydrogen (secondary N) is 1. The molecule has 1 aliphatic heterocycles. The van der Waals surface area contributed by atoms with Crippen molar-refractivity contribution >= 4 is 29.2 Å². The second-order valence-electron chi connectivity index (χ2n) is 6.49. The van der Waals surface area contributed by atoms with E-state index in [0.29, 0.717) is 6.54 Å². The van der Waals surface area contributed by atoms with Gasteiger partial charge < -0.3 is 5.32 Å². The highest BCUT2D eigenvalue weighted by Crippen LogP contribution is 2.25. The van der Waals surface area contributed by atoms with Crippen LogP contribution in [0.4, 0.5) is 11.5 Å². The topological polar surface area (TPSA) is 123 Å². The number of hydrogen-bond acceptors (Lipinski definition) is 6. The first kappa shape index (κ1) is 18.2. The van der Waals surface area contributed by atoms with Crippen molar-refractivity contribution in [2.45, 2.75) is 13.8 Å². The zero-order chi connectivity index (χ0) is 19.7. The van der Waals surface area contributed by atoms with Crippen LogP contribution in [0.5, 0.6) is 0 Å². The van der Waals surface area contributed by atoms with Crippen molar-refractivity contribution < 1.29 is 19.3 Å². The number of hydrogen-bond donors (Lipinski definition) is 1. The van der Waals surface area contributed by atoms with E-state index in [-0.39, 0.29) is 40.0 Å². The van der Waals surface area contributed by atoms with Crippen LogP contribution < -0.4 is 5.32 Å². The zero-order valence-corrected chi connectivity index (χ0v) is 14.6. The zero-order valence-electron chi connectivity index (χ0n) is 14.6. The molecule has 1 aromatic carbocycles. The molecule has 0 unspecified atom stereocenters. The van der Waals surface area contributed by atoms with E-state index in [0.717, 1.165) is 6.20 Å². The third-order valence-corrected chi connectivity index (χ3v) is 3.98. The number of benzene rings is 1. The number of carbonyl (C=O) groups is 3. The molecule has 9 nitrogen and oxygen atoms in total. The third kappa shape index (κ3) is 3.52. The molecule has 9 heteroatoms. The number of carbonyl (C=O) groups excluding carboxylic acids is 3. The fourth-order valence-corrected chi connectivity index (χ4v) is 2.72. The van der Waals surface area contributed by atoms with Crippen LogP contribution in [0, 0.1) is 16.0 Å². The Balaban J connectivity index is 1.80. The van der Waals surface area contributed by atoms with Crippen molar-refractivity contribution in [2.24, 2.45) is 5.92 Å². The van der Waals surface area contributed by atoms with Gasteiger partial charge >= 0.3 is 0 Å². The van der Waals surface area contributed by atoms with Gasteiger partial charge in [0.2, 0.25) is 0 Å². The lowest BCUT2D eigenvalue weighted by molar-refractivity contribution is -0.385. The summed E-state index contributed by atoms with van der Waals surface area (Å²) in [7, 11) is 0. The predicted octanol–water partition coefficient (Wildman–Crippen LogP) is 2.49. The van der Waals surface area contributed by atoms with Crippen LogP contribution in [0.2, 0.25) is 0 Å². The van der Waals surface area contributed by atoms with Gasteiger partial charge in [0, 0.05) is 18.2 Å². The minimum atomic E-state index is -0.593. The first-order valence-corrected chi connectivity index (χ1v) is 8.20. The second kappa shape index (κ2) is 6.94. The second-order valence-corrected chi connectivity index (χ2v) is 6.49. The molecular formula is C18H16N4O5. The fourth-order valence-electron chi connectivity index (χ4n) is 2.72. The third-order valence-electron chi connectivity index (χ3n) is 3.98. The van der Waals surface area contributed by atoms with Crippen LogP contribution in [0.1, 0.15) is 44.9 Å². The number of pyridine rings is 1. The number of aromatic nitrogens is 1. The number of nitro groups is 1. The van der Waals surface area contributed by atoms with Crippen LogP contribution in [0.25, 0.3) is 0 Å². The molecule has 0 saturated heterocycles. The van der Waals surface area contributed by atoms with Gasteiger partial charge in [-0.25, -0.2) is 4.98 Å². The summed E-state index contributed by atoms with van der Waals surface area (Å²) in [4.78, 5) is 52.2. The summed E-state index contributed by atoms with van der Waals surface area (Å²) in [5.74, 6) is -1.07. The van der Waals surface area contributed by atoms with Crippen molar-refractivity contribution in [3.63, 3.8) is 0 Å². The molecule has 1 aliphatic rings. The lowest BCUT2D eigenvalue weighted by Crippen LogP contribution is -2.33. The number of imide groups is 1. The minimum Gasteiger partial charge on any atom is -0.307 e. The lowest BCUT2D eigenvalue weighted by atomic mass is 10.1. The van der Waals surface area contributed by atoms with Crippen molar-refractivity contribution in [1.82, 2.24) is 9.88 Å². The normalized spacial score (nSPS) is 13.1. The Morgan fingerprint density at radius 1 is 1.19 bits per heavy atom. The maximum atomic E-state index is 12.5. The number of amides is 3. The SMILES string of the molecule is CC(C)CN1C(=O)c2ccc(C(=O)Nc3ccc([N+](=O)[O-])cn3)cc2C1=O. The number of fused-ring (bicyclic) bond motifs is 1. The molecule has 0 bridgehead atoms. The highest BCUT2D eigenvalue weighted by molar-refractivity contribution is 6.22. The first-order chi connectivity index (χ1) is 12.8. The Kier molecular flexibility index (Phi) is 4.68. The Labute approximate surface area is 154 Å². The highest BCUT2D eigenvalue weighted by Gasteiger charge is 2.36. The van der Waals surface area contributed by atoms with Crippen LogP contribution in [0.3, 0.4) is 0 Å². The van der Waals surface area contributed by atoms with Crippen LogP contribution >= 0.6 is 0 Å². The average Bonchev–Trinajstić information content (AvgIpc) is 2.86. The van der Waals surface area contributed by atoms with E-state index in [1.807, 2.05) is 13.8 Å². The van der Waals surface area contributed by atoms with Gasteiger partial charge in [0.25, 0.3) is 23.4 Å². The Morgan fingerprint density at radius 2 is 1.89 bits per heavy atom. The standard InChI is InChI=1S/C18H16N4O5/c1-10(2)9-21-17(24)13-5-3-11(7-14(13)18(21)25)16(23)20-15-6-4-12(8-19-15)22(26)27/h3-8,10H,9H2,1-2H3,(H,19,20,23). The fraction of sp³-hybridized carbons (Fsp3) is 0.222. The minimum absolute atomic E-state index is 0.128. The molecule has 0 atom stereocenters. The van der Waals surface area contributed by atoms with Gasteiger partial charge in [0.15, 0.2) is 0 Å². The molecule has 0 fully saturated rings. The lowest BCUT2D eigenvalue weighted by Gasteiger charge is -2.15. The summed E-state index contributed by atoms with van der Waals surface area (Å²) in [6.45, 7) is 4.11. The first-order valence-electron chi connectivity index (χ1n) is 8.20. The highest BCUT2D eigenvalue weighted by atomic mass is 16.6. The summed E-state index contributed by atoms with van der Waals surface area (Å²) in [5.41, 5.74) is 0.442. The van der Waals surface area contributed by atoms with E-state index in [1.165, 1.54) is 35.2 Å². The average molecular weight is 368 g/mol. The van der Waals surface area contributed by atoms with Crippen LogP contribution in [0.15, 0.2) is 36.5 Å². The van der Waals surface area contributed by atoms with Gasteiger partial charge in [-0.2, -0.15) is 0 Å². The number of anilines is 1. The van der Waals surface area contributed by atoms with E-state index in [9.17, 15) is 24.5 Å². The summed E-state index contributed by atoms with van der Waals surface area (Å²) < 4.78 is 0. The van der Waals surface area contributed by atoms with Crippen molar-refractivity contribution in [3.05, 3.63) is 63.3 Å². The molecular weight excluding hydrogens is 352 g/mol. The summed E-state index contributed by atoms with van der Waals surface area (Å²) in [6, 6.07) is 6.80. The molecule has 0 radical (unpaired) electrons. The Hall–Kier alpha value is -3.62. The van der Waals surface area contributed by atoms with Crippen LogP contribution in [-0.4, -0.2) is 39.1 Å². The molecule has 1 aromatic heterocycles. The van der Waals surface area contributed by atoms with Crippen molar-refractivity contribution in [3.8, 4) is 0 Å². The molecule has 138 valence electrons. The Bertz CT molecular complexity index is 953. The van der Waals surface area contributed by atoms with Gasteiger partial charge in [-0.05, 0) is 30.2 Å². The molecule has 3 rings (SSSR count). The van der Waals surface area contributed by atoms with Gasteiger partial charge in [-0.15, -0.1) is 0 Å². The smallest absolute Gasteiger partial charge is 0.287 e. The van der Waals surface area contributed by atoms with Crippen molar-refractivity contribution in [1.29, 1.82) is 0 Å². The van der Waals surface area contributed by atoms with E-state index >= 15 is 0 Å². The van der Waals surface area contributed by atoms with Gasteiger partial charge in [0.05, 0.1) is 16.1 Å². The van der Waals surface area contributed by atoms with E-state index in [2.05, 4.69) is 10.3 Å². The maximum Gasteiger partial charge on any atom is 0.287 e. The van der Waals surface area contributed by atoms with Gasteiger partial charge in [-0.3, -0.25) is 29.4 Å². The van der Waals surface area contributed by atoms with E-state index < -0.39 is 16.7 Å².